The summed E-state index contributed by atoms with van der Waals surface area (Å²) in [4.78, 5) is 25.9. The summed E-state index contributed by atoms with van der Waals surface area (Å²) in [5.41, 5.74) is 2.86. The van der Waals surface area contributed by atoms with Crippen molar-refractivity contribution in [3.63, 3.8) is 0 Å². The van der Waals surface area contributed by atoms with Gasteiger partial charge in [0.1, 0.15) is 11.5 Å². The standard InChI is InChI=1S/C21H27N3O3S/c1-17-9-11-18(12-10-17)23-21(26)16-28(27)15-20(25)22-13-6-14-24(2)19-7-4-3-5-8-19/h3-5,7-12H,6,13-16H2,1-2H3,(H,22,25)(H,23,26)/t28-/m0/s1. The van der Waals surface area contributed by atoms with E-state index in [1.807, 2.05) is 56.4 Å². The molecule has 0 aliphatic heterocycles. The first-order valence-electron chi connectivity index (χ1n) is 9.18. The van der Waals surface area contributed by atoms with Crippen molar-refractivity contribution in [3.05, 3.63) is 60.2 Å². The molecule has 0 unspecified atom stereocenters. The Balaban J connectivity index is 1.62. The number of anilines is 2. The topological polar surface area (TPSA) is 78.5 Å². The van der Waals surface area contributed by atoms with Crippen molar-refractivity contribution in [2.75, 3.05) is 41.9 Å². The van der Waals surface area contributed by atoms with E-state index < -0.39 is 10.8 Å². The van der Waals surface area contributed by atoms with Crippen LogP contribution in [-0.2, 0) is 20.4 Å². The van der Waals surface area contributed by atoms with Crippen molar-refractivity contribution in [1.82, 2.24) is 5.32 Å². The molecular formula is C21H27N3O3S. The summed E-state index contributed by atoms with van der Waals surface area (Å²) in [6.45, 7) is 3.26. The number of amides is 2. The van der Waals surface area contributed by atoms with Crippen molar-refractivity contribution in [2.24, 2.45) is 0 Å². The predicted octanol–water partition coefficient (Wildman–Crippen LogP) is 2.32. The van der Waals surface area contributed by atoms with Gasteiger partial charge >= 0.3 is 0 Å². The van der Waals surface area contributed by atoms with Gasteiger partial charge in [0.05, 0.1) is 0 Å². The molecule has 1 atom stereocenters. The summed E-state index contributed by atoms with van der Waals surface area (Å²) in [5, 5.41) is 5.44. The van der Waals surface area contributed by atoms with Crippen LogP contribution in [0.15, 0.2) is 54.6 Å². The number of hydrogen-bond donors (Lipinski definition) is 2. The van der Waals surface area contributed by atoms with Crippen LogP contribution in [0.3, 0.4) is 0 Å². The lowest BCUT2D eigenvalue weighted by Gasteiger charge is -2.19. The normalized spacial score (nSPS) is 11.5. The Labute approximate surface area is 168 Å². The molecule has 0 radical (unpaired) electrons. The zero-order chi connectivity index (χ0) is 20.4. The molecule has 6 nitrogen and oxygen atoms in total. The van der Waals surface area contributed by atoms with E-state index in [1.165, 1.54) is 0 Å². The molecule has 0 saturated heterocycles. The highest BCUT2D eigenvalue weighted by atomic mass is 32.2. The summed E-state index contributed by atoms with van der Waals surface area (Å²) in [6, 6.07) is 17.3. The second kappa shape index (κ2) is 11.2. The second-order valence-electron chi connectivity index (χ2n) is 6.60. The highest BCUT2D eigenvalue weighted by molar-refractivity contribution is 7.86. The number of benzene rings is 2. The van der Waals surface area contributed by atoms with Crippen LogP contribution in [0.5, 0.6) is 0 Å². The van der Waals surface area contributed by atoms with E-state index in [9.17, 15) is 13.8 Å². The SMILES string of the molecule is Cc1ccc(NC(=O)C[S@@](=O)CC(=O)NCCCN(C)c2ccccc2)cc1. The fourth-order valence-corrected chi connectivity index (χ4v) is 3.45. The van der Waals surface area contributed by atoms with Gasteiger partial charge in [-0.2, -0.15) is 0 Å². The van der Waals surface area contributed by atoms with Gasteiger partial charge < -0.3 is 15.5 Å². The van der Waals surface area contributed by atoms with Crippen molar-refractivity contribution < 1.29 is 13.8 Å². The van der Waals surface area contributed by atoms with Gasteiger partial charge in [0.25, 0.3) is 0 Å². The Kier molecular flexibility index (Phi) is 8.68. The monoisotopic (exact) mass is 401 g/mol. The molecule has 0 saturated carbocycles. The van der Waals surface area contributed by atoms with Gasteiger partial charge in [0.2, 0.25) is 11.8 Å². The van der Waals surface area contributed by atoms with Crippen LogP contribution in [0.1, 0.15) is 12.0 Å². The highest BCUT2D eigenvalue weighted by Crippen LogP contribution is 2.10. The summed E-state index contributed by atoms with van der Waals surface area (Å²) in [6.07, 6.45) is 0.775. The number of para-hydroxylation sites is 1. The second-order valence-corrected chi connectivity index (χ2v) is 8.06. The zero-order valence-corrected chi connectivity index (χ0v) is 17.1. The van der Waals surface area contributed by atoms with E-state index in [4.69, 9.17) is 0 Å². The lowest BCUT2D eigenvalue weighted by molar-refractivity contribution is -0.118. The molecule has 2 rings (SSSR count). The molecule has 2 aromatic rings. The minimum absolute atomic E-state index is 0.171. The molecule has 0 aliphatic carbocycles. The van der Waals surface area contributed by atoms with Gasteiger partial charge in [-0.3, -0.25) is 13.8 Å². The molecular weight excluding hydrogens is 374 g/mol. The average molecular weight is 402 g/mol. The van der Waals surface area contributed by atoms with E-state index in [0.717, 1.165) is 24.2 Å². The maximum atomic E-state index is 12.0. The lowest BCUT2D eigenvalue weighted by Crippen LogP contribution is -2.33. The smallest absolute Gasteiger partial charge is 0.237 e. The number of aryl methyl sites for hydroxylation is 1. The van der Waals surface area contributed by atoms with E-state index in [-0.39, 0.29) is 23.3 Å². The van der Waals surface area contributed by atoms with Crippen LogP contribution in [0.4, 0.5) is 11.4 Å². The Morgan fingerprint density at radius 3 is 2.29 bits per heavy atom. The van der Waals surface area contributed by atoms with Crippen molar-refractivity contribution >= 4 is 34.0 Å². The Morgan fingerprint density at radius 2 is 1.61 bits per heavy atom. The lowest BCUT2D eigenvalue weighted by atomic mass is 10.2. The molecule has 2 aromatic carbocycles. The Bertz CT molecular complexity index is 794. The molecule has 0 heterocycles. The van der Waals surface area contributed by atoms with E-state index >= 15 is 0 Å². The van der Waals surface area contributed by atoms with E-state index in [0.29, 0.717) is 12.2 Å². The maximum absolute atomic E-state index is 12.0. The van der Waals surface area contributed by atoms with Gasteiger partial charge in [-0.05, 0) is 37.6 Å². The van der Waals surface area contributed by atoms with Gasteiger partial charge in [0, 0.05) is 42.3 Å². The third-order valence-electron chi connectivity index (χ3n) is 4.11. The number of carbonyl (C=O) groups is 2. The van der Waals surface area contributed by atoms with Crippen molar-refractivity contribution in [3.8, 4) is 0 Å². The average Bonchev–Trinajstić information content (AvgIpc) is 2.67. The molecule has 150 valence electrons. The predicted molar refractivity (Wildman–Crippen MR) is 115 cm³/mol. The van der Waals surface area contributed by atoms with Gasteiger partial charge in [-0.15, -0.1) is 0 Å². The molecule has 2 N–H and O–H groups in total. The van der Waals surface area contributed by atoms with Crippen LogP contribution in [0.2, 0.25) is 0 Å². The summed E-state index contributed by atoms with van der Waals surface area (Å²) in [7, 11) is 0.462. The number of nitrogens with zero attached hydrogens (tertiary/aromatic N) is 1. The quantitative estimate of drug-likeness (QED) is 0.599. The number of rotatable bonds is 10. The van der Waals surface area contributed by atoms with E-state index in [1.54, 1.807) is 12.1 Å². The molecule has 7 heteroatoms. The molecule has 0 aromatic heterocycles. The largest absolute Gasteiger partial charge is 0.375 e. The van der Waals surface area contributed by atoms with Crippen LogP contribution in [0, 0.1) is 6.92 Å². The Morgan fingerprint density at radius 1 is 0.964 bits per heavy atom. The Hall–Kier alpha value is -2.67. The summed E-state index contributed by atoms with van der Waals surface area (Å²) < 4.78 is 12.0. The van der Waals surface area contributed by atoms with Gasteiger partial charge in [-0.1, -0.05) is 35.9 Å². The number of hydrogen-bond acceptors (Lipinski definition) is 4. The third-order valence-corrected chi connectivity index (χ3v) is 5.28. The number of carbonyl (C=O) groups excluding carboxylic acids is 2. The summed E-state index contributed by atoms with van der Waals surface area (Å²) >= 11 is 0. The molecule has 0 fully saturated rings. The van der Waals surface area contributed by atoms with Crippen molar-refractivity contribution in [2.45, 2.75) is 13.3 Å². The van der Waals surface area contributed by atoms with Crippen LogP contribution in [-0.4, -0.2) is 47.7 Å². The first-order chi connectivity index (χ1) is 13.4. The molecule has 28 heavy (non-hydrogen) atoms. The fraction of sp³-hybridized carbons (Fsp3) is 0.333. The molecule has 2 amide bonds. The van der Waals surface area contributed by atoms with Crippen LogP contribution in [0.25, 0.3) is 0 Å². The van der Waals surface area contributed by atoms with Crippen LogP contribution < -0.4 is 15.5 Å². The van der Waals surface area contributed by atoms with Gasteiger partial charge in [-0.25, -0.2) is 0 Å². The van der Waals surface area contributed by atoms with Crippen molar-refractivity contribution in [1.29, 1.82) is 0 Å². The number of nitrogens with one attached hydrogen (secondary N) is 2. The van der Waals surface area contributed by atoms with Crippen LogP contribution >= 0.6 is 0 Å². The first kappa shape index (κ1) is 21.6. The third kappa shape index (κ3) is 7.92. The minimum Gasteiger partial charge on any atom is -0.375 e. The first-order valence-corrected chi connectivity index (χ1v) is 10.7. The molecule has 0 spiro atoms. The fourth-order valence-electron chi connectivity index (χ4n) is 2.58. The maximum Gasteiger partial charge on any atom is 0.237 e. The summed E-state index contributed by atoms with van der Waals surface area (Å²) in [5.74, 6) is -1.03. The molecule has 0 aliphatic rings. The van der Waals surface area contributed by atoms with Gasteiger partial charge in [0.15, 0.2) is 0 Å². The minimum atomic E-state index is -1.54. The molecule has 0 bridgehead atoms. The zero-order valence-electron chi connectivity index (χ0n) is 16.3. The van der Waals surface area contributed by atoms with E-state index in [2.05, 4.69) is 15.5 Å². The highest BCUT2D eigenvalue weighted by Gasteiger charge is 2.12.